The van der Waals surface area contributed by atoms with Gasteiger partial charge in [0.05, 0.1) is 12.2 Å². The molecule has 1 heterocycles. The van der Waals surface area contributed by atoms with E-state index in [1.165, 1.54) is 12.8 Å². The molecule has 1 saturated carbocycles. The number of benzene rings is 1. The molecule has 0 atom stereocenters. The zero-order valence-electron chi connectivity index (χ0n) is 11.9. The first-order valence-electron chi connectivity index (χ1n) is 7.15. The molecule has 0 radical (unpaired) electrons. The van der Waals surface area contributed by atoms with Crippen LogP contribution in [0, 0.1) is 0 Å². The van der Waals surface area contributed by atoms with Crippen LogP contribution < -0.4 is 5.32 Å². The predicted octanol–water partition coefficient (Wildman–Crippen LogP) is 1.58. The van der Waals surface area contributed by atoms with Gasteiger partial charge in [-0.15, -0.1) is 0 Å². The Labute approximate surface area is 129 Å². The van der Waals surface area contributed by atoms with E-state index in [0.717, 1.165) is 16.8 Å². The van der Waals surface area contributed by atoms with Crippen LogP contribution >= 0.6 is 0 Å². The molecule has 1 fully saturated rings. The average Bonchev–Trinajstić information content (AvgIpc) is 3.21. The number of aromatic amines is 1. The van der Waals surface area contributed by atoms with Crippen LogP contribution in [-0.2, 0) is 27.7 Å². The molecule has 116 valence electrons. The Balaban J connectivity index is 1.56. The molecule has 0 aliphatic heterocycles. The maximum atomic E-state index is 12.0. The van der Waals surface area contributed by atoms with Crippen molar-refractivity contribution in [3.63, 3.8) is 0 Å². The van der Waals surface area contributed by atoms with Crippen molar-refractivity contribution in [2.75, 3.05) is 5.32 Å². The number of carbonyl (C=O) groups excluding carboxylic acids is 1. The van der Waals surface area contributed by atoms with E-state index >= 15 is 0 Å². The number of anilines is 1. The van der Waals surface area contributed by atoms with Crippen molar-refractivity contribution < 1.29 is 13.2 Å². The van der Waals surface area contributed by atoms with Crippen LogP contribution in [0.3, 0.4) is 0 Å². The Morgan fingerprint density at radius 1 is 1.23 bits per heavy atom. The third-order valence-electron chi connectivity index (χ3n) is 3.58. The summed E-state index contributed by atoms with van der Waals surface area (Å²) in [6, 6.07) is 8.88. The number of hydrogen-bond donors (Lipinski definition) is 3. The summed E-state index contributed by atoms with van der Waals surface area (Å²) in [5.74, 6) is 1.00. The largest absolute Gasteiger partial charge is 0.309 e. The first-order chi connectivity index (χ1) is 10.6. The molecular formula is C15H17N3O3S. The van der Waals surface area contributed by atoms with Gasteiger partial charge in [0.1, 0.15) is 10.7 Å². The minimum absolute atomic E-state index is 0.0268. The Kier molecular flexibility index (Phi) is 4.24. The molecular weight excluding hydrogens is 302 g/mol. The lowest BCUT2D eigenvalue weighted by atomic mass is 10.1. The lowest BCUT2D eigenvalue weighted by Crippen LogP contribution is -2.14. The smallest absolute Gasteiger partial charge is 0.229 e. The zero-order chi connectivity index (χ0) is 15.5. The average molecular weight is 319 g/mol. The van der Waals surface area contributed by atoms with Gasteiger partial charge < -0.3 is 5.32 Å². The van der Waals surface area contributed by atoms with Gasteiger partial charge in [-0.2, -0.15) is 5.10 Å². The van der Waals surface area contributed by atoms with Gasteiger partial charge in [-0.1, -0.05) is 24.3 Å². The molecule has 0 saturated heterocycles. The van der Waals surface area contributed by atoms with E-state index in [1.807, 2.05) is 6.07 Å². The van der Waals surface area contributed by atoms with E-state index in [4.69, 9.17) is 0 Å². The summed E-state index contributed by atoms with van der Waals surface area (Å²) in [5.41, 5.74) is 2.63. The molecule has 22 heavy (non-hydrogen) atoms. The molecule has 1 aromatic heterocycles. The van der Waals surface area contributed by atoms with Crippen LogP contribution in [0.5, 0.6) is 0 Å². The molecule has 6 nitrogen and oxygen atoms in total. The molecule has 0 spiro atoms. The number of amides is 1. The third-order valence-corrected chi connectivity index (χ3v) is 4.21. The predicted molar refractivity (Wildman–Crippen MR) is 83.4 cm³/mol. The molecule has 3 rings (SSSR count). The highest BCUT2D eigenvalue weighted by molar-refractivity contribution is 7.71. The lowest BCUT2D eigenvalue weighted by molar-refractivity contribution is -0.115. The summed E-state index contributed by atoms with van der Waals surface area (Å²) >= 11 is 0. The topological polar surface area (TPSA) is 91.9 Å². The van der Waals surface area contributed by atoms with E-state index in [1.54, 1.807) is 24.3 Å². The van der Waals surface area contributed by atoms with Gasteiger partial charge >= 0.3 is 0 Å². The van der Waals surface area contributed by atoms with E-state index in [2.05, 4.69) is 15.5 Å². The van der Waals surface area contributed by atoms with Crippen LogP contribution in [-0.4, -0.2) is 24.5 Å². The van der Waals surface area contributed by atoms with Gasteiger partial charge in [0.15, 0.2) is 5.82 Å². The second-order valence-corrected chi connectivity index (χ2v) is 6.50. The molecule has 0 unspecified atom stereocenters. The number of thiol groups is 1. The Morgan fingerprint density at radius 2 is 1.91 bits per heavy atom. The fourth-order valence-electron chi connectivity index (χ4n) is 2.29. The molecule has 0 bridgehead atoms. The summed E-state index contributed by atoms with van der Waals surface area (Å²) in [6.45, 7) is 0. The number of nitrogens with one attached hydrogen (secondary N) is 2. The van der Waals surface area contributed by atoms with Crippen LogP contribution in [0.25, 0.3) is 0 Å². The molecule has 2 aromatic rings. The van der Waals surface area contributed by atoms with Crippen LogP contribution in [0.4, 0.5) is 5.82 Å². The van der Waals surface area contributed by atoms with Gasteiger partial charge in [0, 0.05) is 17.7 Å². The normalized spacial score (nSPS) is 14.2. The highest BCUT2D eigenvalue weighted by Crippen LogP contribution is 2.39. The Bertz CT molecular complexity index is 738. The van der Waals surface area contributed by atoms with Gasteiger partial charge in [0.25, 0.3) is 0 Å². The number of carbonyl (C=O) groups is 1. The highest BCUT2D eigenvalue weighted by atomic mass is 32.2. The van der Waals surface area contributed by atoms with Crippen molar-refractivity contribution in [3.05, 3.63) is 47.2 Å². The Morgan fingerprint density at radius 3 is 2.55 bits per heavy atom. The molecule has 7 heteroatoms. The van der Waals surface area contributed by atoms with Crippen LogP contribution in [0.1, 0.15) is 35.6 Å². The zero-order valence-corrected chi connectivity index (χ0v) is 12.8. The van der Waals surface area contributed by atoms with Crippen molar-refractivity contribution in [1.29, 1.82) is 0 Å². The molecule has 1 aliphatic carbocycles. The number of H-pyrrole nitrogens is 1. The third kappa shape index (κ3) is 3.94. The van der Waals surface area contributed by atoms with Gasteiger partial charge in [0.2, 0.25) is 5.91 Å². The number of nitrogens with zero attached hydrogens (tertiary/aromatic N) is 1. The minimum Gasteiger partial charge on any atom is -0.309 e. The molecule has 1 amide bonds. The van der Waals surface area contributed by atoms with Crippen molar-refractivity contribution in [3.8, 4) is 0 Å². The van der Waals surface area contributed by atoms with E-state index in [0.29, 0.717) is 11.7 Å². The Hall–Kier alpha value is -2.15. The van der Waals surface area contributed by atoms with Crippen LogP contribution in [0.15, 0.2) is 30.3 Å². The highest BCUT2D eigenvalue weighted by Gasteiger charge is 2.25. The van der Waals surface area contributed by atoms with Crippen molar-refractivity contribution >= 4 is 22.4 Å². The van der Waals surface area contributed by atoms with Crippen LogP contribution in [0.2, 0.25) is 0 Å². The molecule has 1 aromatic carbocycles. The van der Waals surface area contributed by atoms with Gasteiger partial charge in [-0.25, -0.2) is 8.42 Å². The first kappa shape index (κ1) is 14.8. The monoisotopic (exact) mass is 319 g/mol. The molecule has 2 N–H and O–H groups in total. The van der Waals surface area contributed by atoms with Crippen molar-refractivity contribution in [1.82, 2.24) is 10.2 Å². The van der Waals surface area contributed by atoms with Gasteiger partial charge in [-0.3, -0.25) is 9.89 Å². The fraction of sp³-hybridized carbons (Fsp3) is 0.333. The fourth-order valence-corrected chi connectivity index (χ4v) is 2.80. The van der Waals surface area contributed by atoms with E-state index < -0.39 is 10.7 Å². The maximum Gasteiger partial charge on any atom is 0.229 e. The summed E-state index contributed by atoms with van der Waals surface area (Å²) in [6.07, 6.45) is 2.59. The van der Waals surface area contributed by atoms with E-state index in [9.17, 15) is 13.2 Å². The standard InChI is InChI=1S/C15H17N3O3S/c19-15(16-14-8-13(17-18-14)12-5-6-12)7-10-1-3-11(4-2-10)9-22(20)21/h1-4,8,12,22H,5-7,9H2,(H2,16,17,18,19). The summed E-state index contributed by atoms with van der Waals surface area (Å²) in [5, 5.41) is 9.78. The quantitative estimate of drug-likeness (QED) is 0.705. The lowest BCUT2D eigenvalue weighted by Gasteiger charge is -2.03. The summed E-state index contributed by atoms with van der Waals surface area (Å²) in [4.78, 5) is 12.0. The second-order valence-electron chi connectivity index (χ2n) is 5.52. The number of hydrogen-bond acceptors (Lipinski definition) is 4. The molecule has 1 aliphatic rings. The maximum absolute atomic E-state index is 12.0. The first-order valence-corrected chi connectivity index (χ1v) is 8.51. The van der Waals surface area contributed by atoms with Crippen molar-refractivity contribution in [2.24, 2.45) is 0 Å². The number of aromatic nitrogens is 2. The summed E-state index contributed by atoms with van der Waals surface area (Å²) in [7, 11) is -2.43. The number of rotatable bonds is 6. The SMILES string of the molecule is O=C(Cc1ccc(C[SH](=O)=O)cc1)Nc1cc(C2CC2)[nH]n1. The van der Waals surface area contributed by atoms with E-state index in [-0.39, 0.29) is 18.1 Å². The van der Waals surface area contributed by atoms with Gasteiger partial charge in [-0.05, 0) is 24.0 Å². The summed E-state index contributed by atoms with van der Waals surface area (Å²) < 4.78 is 21.3. The minimum atomic E-state index is -2.43. The van der Waals surface area contributed by atoms with Crippen molar-refractivity contribution in [2.45, 2.75) is 30.9 Å². The second kappa shape index (κ2) is 6.31.